The molecule has 0 spiro atoms. The first-order valence-electron chi connectivity index (χ1n) is 7.61. The molecular weight excluding hydrogens is 310 g/mol. The Balaban J connectivity index is 1.86. The molecule has 0 unspecified atom stereocenters. The first kappa shape index (κ1) is 15.7. The van der Waals surface area contributed by atoms with Gasteiger partial charge in [0.1, 0.15) is 11.6 Å². The molecule has 2 atom stereocenters. The van der Waals surface area contributed by atoms with Crippen LogP contribution < -0.4 is 0 Å². The molecule has 120 valence electrons. The average molecular weight is 329 g/mol. The highest BCUT2D eigenvalue weighted by Gasteiger charge is 2.38. The van der Waals surface area contributed by atoms with Crippen molar-refractivity contribution in [1.29, 1.82) is 0 Å². The van der Waals surface area contributed by atoms with E-state index in [2.05, 4.69) is 11.9 Å². The van der Waals surface area contributed by atoms with Gasteiger partial charge in [-0.1, -0.05) is 11.6 Å². The minimum absolute atomic E-state index is 0.121. The van der Waals surface area contributed by atoms with Gasteiger partial charge in [0, 0.05) is 19.1 Å². The van der Waals surface area contributed by atoms with Crippen molar-refractivity contribution in [3.05, 3.63) is 34.4 Å². The number of benzene rings is 1. The zero-order chi connectivity index (χ0) is 15.9. The molecule has 0 bridgehead atoms. The van der Waals surface area contributed by atoms with Crippen molar-refractivity contribution in [2.24, 2.45) is 5.92 Å². The lowest BCUT2D eigenvalue weighted by Crippen LogP contribution is -2.55. The van der Waals surface area contributed by atoms with Gasteiger partial charge in [0.2, 0.25) is 0 Å². The lowest BCUT2D eigenvalue weighted by Gasteiger charge is -2.46. The van der Waals surface area contributed by atoms with Crippen molar-refractivity contribution in [3.63, 3.8) is 0 Å². The van der Waals surface area contributed by atoms with Crippen LogP contribution in [0.25, 0.3) is 0 Å². The molecule has 1 aromatic rings. The fourth-order valence-corrected chi connectivity index (χ4v) is 3.83. The number of carbonyl (C=O) groups is 1. The molecule has 2 saturated heterocycles. The topological polar surface area (TPSA) is 23.6 Å². The maximum absolute atomic E-state index is 14.0. The minimum Gasteiger partial charge on any atom is -0.335 e. The molecule has 3 nitrogen and oxygen atoms in total. The summed E-state index contributed by atoms with van der Waals surface area (Å²) in [6, 6.07) is 1.91. The Hall–Kier alpha value is -1.20. The van der Waals surface area contributed by atoms with Crippen molar-refractivity contribution in [2.75, 3.05) is 26.7 Å². The Labute approximate surface area is 133 Å². The number of halogens is 3. The van der Waals surface area contributed by atoms with Gasteiger partial charge in [-0.25, -0.2) is 8.78 Å². The highest BCUT2D eigenvalue weighted by atomic mass is 35.5. The summed E-state index contributed by atoms with van der Waals surface area (Å²) >= 11 is 5.56. The van der Waals surface area contributed by atoms with Crippen molar-refractivity contribution in [3.8, 4) is 0 Å². The monoisotopic (exact) mass is 328 g/mol. The molecule has 22 heavy (non-hydrogen) atoms. The van der Waals surface area contributed by atoms with Gasteiger partial charge >= 0.3 is 0 Å². The van der Waals surface area contributed by atoms with Crippen LogP contribution in [0.15, 0.2) is 12.1 Å². The van der Waals surface area contributed by atoms with Gasteiger partial charge in [0.05, 0.1) is 10.6 Å². The molecule has 1 aromatic carbocycles. The third-order valence-corrected chi connectivity index (χ3v) is 5.06. The van der Waals surface area contributed by atoms with E-state index < -0.39 is 17.5 Å². The molecule has 2 aliphatic rings. The molecule has 1 amide bonds. The van der Waals surface area contributed by atoms with E-state index in [1.54, 1.807) is 4.90 Å². The summed E-state index contributed by atoms with van der Waals surface area (Å²) in [7, 11) is 2.07. The SMILES string of the molecule is CN1CC[C@H]2[C@@H](CCCN2C(=O)c2cc(F)c(Cl)cc2F)C1. The molecule has 2 aliphatic heterocycles. The number of carbonyl (C=O) groups excluding carboxylic acids is 1. The second-order valence-electron chi connectivity index (χ2n) is 6.27. The summed E-state index contributed by atoms with van der Waals surface area (Å²) in [4.78, 5) is 16.7. The summed E-state index contributed by atoms with van der Waals surface area (Å²) in [5, 5.41) is -0.301. The molecule has 3 rings (SSSR count). The lowest BCUT2D eigenvalue weighted by molar-refractivity contribution is 0.0250. The van der Waals surface area contributed by atoms with Crippen LogP contribution >= 0.6 is 11.6 Å². The maximum atomic E-state index is 14.0. The van der Waals surface area contributed by atoms with Crippen molar-refractivity contribution < 1.29 is 13.6 Å². The van der Waals surface area contributed by atoms with Gasteiger partial charge in [-0.15, -0.1) is 0 Å². The van der Waals surface area contributed by atoms with Gasteiger partial charge < -0.3 is 9.80 Å². The molecule has 2 heterocycles. The predicted octanol–water partition coefficient (Wildman–Crippen LogP) is 3.17. The van der Waals surface area contributed by atoms with E-state index in [4.69, 9.17) is 11.6 Å². The van der Waals surface area contributed by atoms with Crippen LogP contribution in [0, 0.1) is 17.6 Å². The Kier molecular flexibility index (Phi) is 4.37. The van der Waals surface area contributed by atoms with Crippen LogP contribution in [0.3, 0.4) is 0 Å². The third kappa shape index (κ3) is 2.84. The van der Waals surface area contributed by atoms with E-state index in [0.29, 0.717) is 12.5 Å². The number of likely N-dealkylation sites (tertiary alicyclic amines) is 2. The Morgan fingerprint density at radius 1 is 1.23 bits per heavy atom. The number of fused-ring (bicyclic) bond motifs is 1. The second-order valence-corrected chi connectivity index (χ2v) is 6.67. The Morgan fingerprint density at radius 2 is 2.00 bits per heavy atom. The lowest BCUT2D eigenvalue weighted by atomic mass is 9.83. The Bertz CT molecular complexity index is 596. The fraction of sp³-hybridized carbons (Fsp3) is 0.562. The second kappa shape index (κ2) is 6.13. The van der Waals surface area contributed by atoms with Gasteiger partial charge in [0.25, 0.3) is 5.91 Å². The summed E-state index contributed by atoms with van der Waals surface area (Å²) in [5.41, 5.74) is -0.221. The van der Waals surface area contributed by atoms with Crippen molar-refractivity contribution in [1.82, 2.24) is 9.80 Å². The van der Waals surface area contributed by atoms with E-state index in [1.165, 1.54) is 0 Å². The normalized spacial score (nSPS) is 25.9. The van der Waals surface area contributed by atoms with Crippen molar-refractivity contribution >= 4 is 17.5 Å². The molecule has 0 saturated carbocycles. The number of amides is 1. The first-order valence-corrected chi connectivity index (χ1v) is 7.99. The van der Waals surface area contributed by atoms with E-state index >= 15 is 0 Å². The van der Waals surface area contributed by atoms with Crippen LogP contribution in [-0.2, 0) is 0 Å². The smallest absolute Gasteiger partial charge is 0.257 e. The van der Waals surface area contributed by atoms with Crippen LogP contribution in [0.4, 0.5) is 8.78 Å². The van der Waals surface area contributed by atoms with Crippen LogP contribution in [0.1, 0.15) is 29.6 Å². The largest absolute Gasteiger partial charge is 0.335 e. The summed E-state index contributed by atoms with van der Waals surface area (Å²) < 4.78 is 27.6. The Morgan fingerprint density at radius 3 is 2.77 bits per heavy atom. The number of piperidine rings is 2. The van der Waals surface area contributed by atoms with E-state index in [-0.39, 0.29) is 16.6 Å². The molecule has 0 aromatic heterocycles. The summed E-state index contributed by atoms with van der Waals surface area (Å²) in [6.45, 7) is 2.47. The number of hydrogen-bond acceptors (Lipinski definition) is 2. The molecule has 0 radical (unpaired) electrons. The van der Waals surface area contributed by atoms with Crippen LogP contribution in [0.2, 0.25) is 5.02 Å². The molecule has 6 heteroatoms. The van der Waals surface area contributed by atoms with Gasteiger partial charge in [-0.05, 0) is 50.9 Å². The fourth-order valence-electron chi connectivity index (χ4n) is 3.68. The quantitative estimate of drug-likeness (QED) is 0.739. The zero-order valence-corrected chi connectivity index (χ0v) is 13.2. The molecular formula is C16H19ClF2N2O. The zero-order valence-electron chi connectivity index (χ0n) is 12.5. The maximum Gasteiger partial charge on any atom is 0.257 e. The molecule has 0 N–H and O–H groups in total. The molecule has 0 aliphatic carbocycles. The standard InChI is InChI=1S/C16H19ClF2N2O/c1-20-6-4-15-10(9-20)3-2-5-21(15)16(22)11-7-14(19)12(17)8-13(11)18/h7-8,10,15H,2-6,9H2,1H3/t10-,15-/m0/s1. The summed E-state index contributed by atoms with van der Waals surface area (Å²) in [5.74, 6) is -1.53. The van der Waals surface area contributed by atoms with E-state index in [0.717, 1.165) is 44.5 Å². The highest BCUT2D eigenvalue weighted by Crippen LogP contribution is 2.32. The number of hydrogen-bond donors (Lipinski definition) is 0. The van der Waals surface area contributed by atoms with Gasteiger partial charge in [-0.3, -0.25) is 4.79 Å². The minimum atomic E-state index is -0.761. The van der Waals surface area contributed by atoms with Gasteiger partial charge in [-0.2, -0.15) is 0 Å². The van der Waals surface area contributed by atoms with E-state index in [9.17, 15) is 13.6 Å². The average Bonchev–Trinajstić information content (AvgIpc) is 2.49. The first-order chi connectivity index (χ1) is 10.5. The van der Waals surface area contributed by atoms with Gasteiger partial charge in [0.15, 0.2) is 0 Å². The summed E-state index contributed by atoms with van der Waals surface area (Å²) in [6.07, 6.45) is 2.86. The van der Waals surface area contributed by atoms with E-state index in [1.807, 2.05) is 0 Å². The van der Waals surface area contributed by atoms with Crippen LogP contribution in [0.5, 0.6) is 0 Å². The predicted molar refractivity (Wildman–Crippen MR) is 81.0 cm³/mol. The van der Waals surface area contributed by atoms with Crippen molar-refractivity contribution in [2.45, 2.75) is 25.3 Å². The number of nitrogens with zero attached hydrogens (tertiary/aromatic N) is 2. The number of rotatable bonds is 1. The molecule has 2 fully saturated rings. The van der Waals surface area contributed by atoms with Crippen LogP contribution in [-0.4, -0.2) is 48.4 Å². The highest BCUT2D eigenvalue weighted by molar-refractivity contribution is 6.30. The third-order valence-electron chi connectivity index (χ3n) is 4.77.